The molecule has 4 rings (SSSR count). The van der Waals surface area contributed by atoms with E-state index in [4.69, 9.17) is 5.73 Å². The van der Waals surface area contributed by atoms with Crippen LogP contribution in [0.3, 0.4) is 0 Å². The third-order valence-electron chi connectivity index (χ3n) is 5.44. The number of piperidine rings is 1. The number of carbonyl (C=O) groups is 3. The summed E-state index contributed by atoms with van der Waals surface area (Å²) in [6, 6.07) is 10.7. The van der Waals surface area contributed by atoms with Crippen molar-refractivity contribution in [2.75, 3.05) is 5.73 Å². The summed E-state index contributed by atoms with van der Waals surface area (Å²) >= 11 is 0. The molecule has 3 amide bonds. The van der Waals surface area contributed by atoms with Gasteiger partial charge in [-0.15, -0.1) is 0 Å². The van der Waals surface area contributed by atoms with Crippen molar-refractivity contribution in [3.05, 3.63) is 58.8 Å². The Morgan fingerprint density at radius 3 is 2.86 bits per heavy atom. The number of anilines is 1. The molecule has 2 unspecified atom stereocenters. The van der Waals surface area contributed by atoms with Gasteiger partial charge in [-0.25, -0.2) is 4.98 Å². The number of fused-ring (bicyclic) bond motifs is 1. The van der Waals surface area contributed by atoms with E-state index in [0.717, 1.165) is 16.8 Å². The molecule has 1 aromatic heterocycles. The van der Waals surface area contributed by atoms with Gasteiger partial charge in [-0.2, -0.15) is 0 Å². The highest BCUT2D eigenvalue weighted by atomic mass is 16.2. The van der Waals surface area contributed by atoms with Crippen LogP contribution in [0.4, 0.5) is 5.82 Å². The lowest BCUT2D eigenvalue weighted by Crippen LogP contribution is -2.52. The van der Waals surface area contributed by atoms with Gasteiger partial charge in [0.05, 0.1) is 5.69 Å². The number of rotatable bonds is 5. The number of nitrogens with two attached hydrogens (primary N) is 1. The Labute approximate surface area is 168 Å². The molecular formula is C21H23N5O3. The van der Waals surface area contributed by atoms with Gasteiger partial charge in [0.1, 0.15) is 11.9 Å². The first-order valence-electron chi connectivity index (χ1n) is 9.64. The van der Waals surface area contributed by atoms with E-state index in [1.807, 2.05) is 37.3 Å². The Balaban J connectivity index is 1.44. The zero-order valence-electron chi connectivity index (χ0n) is 16.1. The second-order valence-electron chi connectivity index (χ2n) is 7.48. The number of aromatic nitrogens is 1. The molecule has 1 aromatic carbocycles. The van der Waals surface area contributed by atoms with E-state index in [-0.39, 0.29) is 24.3 Å². The Morgan fingerprint density at radius 1 is 1.28 bits per heavy atom. The molecule has 3 heterocycles. The summed E-state index contributed by atoms with van der Waals surface area (Å²) < 4.78 is 0. The lowest BCUT2D eigenvalue weighted by Gasteiger charge is -2.29. The minimum absolute atomic E-state index is 0.00225. The van der Waals surface area contributed by atoms with E-state index < -0.39 is 11.9 Å². The summed E-state index contributed by atoms with van der Waals surface area (Å²) in [6.45, 7) is 2.96. The van der Waals surface area contributed by atoms with Gasteiger partial charge >= 0.3 is 0 Å². The molecule has 150 valence electrons. The maximum Gasteiger partial charge on any atom is 0.255 e. The van der Waals surface area contributed by atoms with E-state index in [9.17, 15) is 14.4 Å². The molecule has 2 aliphatic heterocycles. The Morgan fingerprint density at radius 2 is 2.10 bits per heavy atom. The van der Waals surface area contributed by atoms with Crippen molar-refractivity contribution in [2.24, 2.45) is 0 Å². The largest absolute Gasteiger partial charge is 0.384 e. The first kappa shape index (κ1) is 19.1. The summed E-state index contributed by atoms with van der Waals surface area (Å²) in [5.41, 5.74) is 9.08. The Hall–Kier alpha value is -3.26. The van der Waals surface area contributed by atoms with Crippen molar-refractivity contribution in [2.45, 2.75) is 44.9 Å². The number of imide groups is 1. The van der Waals surface area contributed by atoms with Crippen molar-refractivity contribution in [3.63, 3.8) is 0 Å². The second kappa shape index (κ2) is 7.63. The number of nitrogen functional groups attached to an aromatic ring is 1. The van der Waals surface area contributed by atoms with Crippen LogP contribution in [-0.4, -0.2) is 33.6 Å². The van der Waals surface area contributed by atoms with Crippen molar-refractivity contribution in [3.8, 4) is 0 Å². The minimum atomic E-state index is -0.594. The zero-order chi connectivity index (χ0) is 20.5. The topological polar surface area (TPSA) is 117 Å². The highest BCUT2D eigenvalue weighted by molar-refractivity contribution is 6.05. The van der Waals surface area contributed by atoms with E-state index in [0.29, 0.717) is 30.9 Å². The van der Waals surface area contributed by atoms with Gasteiger partial charge in [-0.05, 0) is 42.7 Å². The summed E-state index contributed by atoms with van der Waals surface area (Å²) in [5, 5.41) is 5.71. The summed E-state index contributed by atoms with van der Waals surface area (Å²) in [4.78, 5) is 42.3. The molecule has 8 heteroatoms. The monoisotopic (exact) mass is 393 g/mol. The van der Waals surface area contributed by atoms with Crippen LogP contribution in [-0.2, 0) is 22.7 Å². The number of hydrogen-bond donors (Lipinski definition) is 3. The molecular weight excluding hydrogens is 370 g/mol. The summed E-state index contributed by atoms with van der Waals surface area (Å²) in [5.74, 6) is -0.366. The number of benzene rings is 1. The SMILES string of the molecule is CC(NCc1ccc2c(c1)C(=O)N(C1CCC(=O)NC1=O)C2)c1cccc(N)n1. The molecule has 2 aromatic rings. The first-order valence-corrected chi connectivity index (χ1v) is 9.64. The number of pyridine rings is 1. The van der Waals surface area contributed by atoms with Crippen molar-refractivity contribution in [1.29, 1.82) is 0 Å². The molecule has 4 N–H and O–H groups in total. The fourth-order valence-electron chi connectivity index (χ4n) is 3.80. The standard InChI is InChI=1S/C21H23N5O3/c1-12(16-3-2-4-18(22)24-16)23-10-13-5-6-14-11-26(21(29)15(14)9-13)17-7-8-19(27)25-20(17)28/h2-6,9,12,17,23H,7-8,10-11H2,1H3,(H2,22,24)(H,25,27,28). The number of nitrogens with zero attached hydrogens (tertiary/aromatic N) is 2. The fourth-order valence-corrected chi connectivity index (χ4v) is 3.80. The molecule has 1 fully saturated rings. The molecule has 2 atom stereocenters. The quantitative estimate of drug-likeness (QED) is 0.659. The van der Waals surface area contributed by atoms with Gasteiger partial charge in [-0.3, -0.25) is 19.7 Å². The van der Waals surface area contributed by atoms with Crippen LogP contribution in [0, 0.1) is 0 Å². The van der Waals surface area contributed by atoms with E-state index in [1.54, 1.807) is 11.0 Å². The predicted molar refractivity (Wildman–Crippen MR) is 106 cm³/mol. The predicted octanol–water partition coefficient (Wildman–Crippen LogP) is 1.28. The number of amides is 3. The molecule has 0 spiro atoms. The van der Waals surface area contributed by atoms with Crippen LogP contribution >= 0.6 is 0 Å². The Bertz CT molecular complexity index is 990. The summed E-state index contributed by atoms with van der Waals surface area (Å²) in [7, 11) is 0. The highest BCUT2D eigenvalue weighted by Crippen LogP contribution is 2.28. The molecule has 2 aliphatic rings. The van der Waals surface area contributed by atoms with Crippen LogP contribution in [0.1, 0.15) is 53.0 Å². The molecule has 0 saturated carbocycles. The van der Waals surface area contributed by atoms with E-state index >= 15 is 0 Å². The van der Waals surface area contributed by atoms with Gasteiger partial charge in [0.25, 0.3) is 5.91 Å². The first-order chi connectivity index (χ1) is 13.9. The average Bonchev–Trinajstić information content (AvgIpc) is 3.02. The molecule has 29 heavy (non-hydrogen) atoms. The third-order valence-corrected chi connectivity index (χ3v) is 5.44. The second-order valence-corrected chi connectivity index (χ2v) is 7.48. The maximum absolute atomic E-state index is 12.9. The van der Waals surface area contributed by atoms with Gasteiger partial charge in [-0.1, -0.05) is 18.2 Å². The summed E-state index contributed by atoms with van der Waals surface area (Å²) in [6.07, 6.45) is 0.616. The molecule has 8 nitrogen and oxygen atoms in total. The Kier molecular flexibility index (Phi) is 5.02. The van der Waals surface area contributed by atoms with Gasteiger partial charge < -0.3 is 16.0 Å². The molecule has 1 saturated heterocycles. The average molecular weight is 393 g/mol. The van der Waals surface area contributed by atoms with Crippen molar-refractivity contribution < 1.29 is 14.4 Å². The smallest absolute Gasteiger partial charge is 0.255 e. The fraction of sp³-hybridized carbons (Fsp3) is 0.333. The van der Waals surface area contributed by atoms with Gasteiger partial charge in [0.2, 0.25) is 11.8 Å². The van der Waals surface area contributed by atoms with Crippen molar-refractivity contribution in [1.82, 2.24) is 20.5 Å². The number of carbonyl (C=O) groups excluding carboxylic acids is 3. The molecule has 0 radical (unpaired) electrons. The van der Waals surface area contributed by atoms with E-state index in [2.05, 4.69) is 15.6 Å². The van der Waals surface area contributed by atoms with Gasteiger partial charge in [0, 0.05) is 31.1 Å². The zero-order valence-corrected chi connectivity index (χ0v) is 16.1. The molecule has 0 bridgehead atoms. The van der Waals surface area contributed by atoms with Crippen LogP contribution in [0.2, 0.25) is 0 Å². The third kappa shape index (κ3) is 3.84. The van der Waals surface area contributed by atoms with Gasteiger partial charge in [0.15, 0.2) is 0 Å². The van der Waals surface area contributed by atoms with Crippen LogP contribution in [0.25, 0.3) is 0 Å². The maximum atomic E-state index is 12.9. The lowest BCUT2D eigenvalue weighted by atomic mass is 10.0. The number of nitrogens with one attached hydrogen (secondary N) is 2. The number of hydrogen-bond acceptors (Lipinski definition) is 6. The highest BCUT2D eigenvalue weighted by Gasteiger charge is 2.39. The lowest BCUT2D eigenvalue weighted by molar-refractivity contribution is -0.136. The minimum Gasteiger partial charge on any atom is -0.384 e. The molecule has 0 aliphatic carbocycles. The van der Waals surface area contributed by atoms with E-state index in [1.165, 1.54) is 0 Å². The normalized spacial score (nSPS) is 19.8. The van der Waals surface area contributed by atoms with Crippen molar-refractivity contribution >= 4 is 23.5 Å². The van der Waals surface area contributed by atoms with Crippen LogP contribution in [0.15, 0.2) is 36.4 Å². The van der Waals surface area contributed by atoms with Crippen LogP contribution < -0.4 is 16.4 Å². The van der Waals surface area contributed by atoms with Crippen LogP contribution in [0.5, 0.6) is 0 Å².